The lowest BCUT2D eigenvalue weighted by Crippen LogP contribution is -2.03. The molecule has 0 radical (unpaired) electrons. The van der Waals surface area contributed by atoms with Crippen molar-refractivity contribution in [1.29, 1.82) is 0 Å². The number of carbonyl (C=O) groups is 1. The zero-order valence-electron chi connectivity index (χ0n) is 13.1. The summed E-state index contributed by atoms with van der Waals surface area (Å²) in [5.74, 6) is 1.15. The van der Waals surface area contributed by atoms with Crippen LogP contribution in [0.15, 0.2) is 40.1 Å². The molecule has 2 aromatic rings. The number of hydrogen-bond acceptors (Lipinski definition) is 7. The van der Waals surface area contributed by atoms with Gasteiger partial charge in [0.05, 0.1) is 33.8 Å². The first-order chi connectivity index (χ1) is 11.2. The molecule has 0 unspecified atom stereocenters. The first-order valence-electron chi connectivity index (χ1n) is 6.71. The molecule has 0 N–H and O–H groups in total. The number of ether oxygens (including phenoxy) is 3. The first-order valence-corrected chi connectivity index (χ1v) is 6.71. The summed E-state index contributed by atoms with van der Waals surface area (Å²) in [6.45, 7) is 0.000216. The maximum atomic E-state index is 11.5. The summed E-state index contributed by atoms with van der Waals surface area (Å²) in [4.78, 5) is 16.7. The third-order valence-electron chi connectivity index (χ3n) is 3.05. The second kappa shape index (κ2) is 7.88. The van der Waals surface area contributed by atoms with Gasteiger partial charge in [-0.3, -0.25) is 0 Å². The van der Waals surface area contributed by atoms with E-state index in [-0.39, 0.29) is 6.61 Å². The number of rotatable bonds is 7. The number of oxime groups is 1. The lowest BCUT2D eigenvalue weighted by atomic mass is 10.2. The van der Waals surface area contributed by atoms with E-state index in [1.165, 1.54) is 25.7 Å². The average molecular weight is 319 g/mol. The molecular formula is C16H17NO6. The number of benzene rings is 1. The molecule has 0 atom stereocenters. The number of nitrogens with zero attached hydrogens (tertiary/aromatic N) is 1. The van der Waals surface area contributed by atoms with E-state index in [0.717, 1.165) is 0 Å². The van der Waals surface area contributed by atoms with E-state index in [1.54, 1.807) is 32.4 Å². The van der Waals surface area contributed by atoms with Crippen molar-refractivity contribution in [3.8, 4) is 11.5 Å². The lowest BCUT2D eigenvalue weighted by molar-refractivity contribution is 0.0587. The topological polar surface area (TPSA) is 79.5 Å². The van der Waals surface area contributed by atoms with E-state index in [2.05, 4.69) is 9.89 Å². The van der Waals surface area contributed by atoms with Crippen molar-refractivity contribution in [3.63, 3.8) is 0 Å². The summed E-state index contributed by atoms with van der Waals surface area (Å²) in [6.07, 6.45) is 2.88. The first kappa shape index (κ1) is 16.4. The molecule has 0 saturated carbocycles. The Hall–Kier alpha value is -2.96. The quantitative estimate of drug-likeness (QED) is 0.443. The molecule has 1 heterocycles. The number of methoxy groups -OCH3 is 3. The molecule has 0 aliphatic heterocycles. The molecule has 0 bridgehead atoms. The van der Waals surface area contributed by atoms with Crippen LogP contribution in [-0.4, -0.2) is 33.5 Å². The third-order valence-corrected chi connectivity index (χ3v) is 3.05. The number of carbonyl (C=O) groups excluding carboxylic acids is 1. The number of esters is 1. The SMILES string of the molecule is COC(=O)c1ccoc1CON=Cc1cc(OC)ccc1OC. The highest BCUT2D eigenvalue weighted by Crippen LogP contribution is 2.22. The fraction of sp³-hybridized carbons (Fsp3) is 0.250. The lowest BCUT2D eigenvalue weighted by Gasteiger charge is -2.06. The second-order valence-electron chi connectivity index (χ2n) is 4.36. The van der Waals surface area contributed by atoms with Crippen LogP contribution in [0.5, 0.6) is 11.5 Å². The summed E-state index contributed by atoms with van der Waals surface area (Å²) in [5, 5.41) is 3.85. The minimum Gasteiger partial charge on any atom is -0.497 e. The van der Waals surface area contributed by atoms with Crippen LogP contribution in [0.3, 0.4) is 0 Å². The molecule has 0 spiro atoms. The van der Waals surface area contributed by atoms with Gasteiger partial charge in [-0.05, 0) is 24.3 Å². The van der Waals surface area contributed by atoms with Crippen molar-refractivity contribution in [2.45, 2.75) is 6.61 Å². The van der Waals surface area contributed by atoms with Crippen LogP contribution in [-0.2, 0) is 16.2 Å². The van der Waals surface area contributed by atoms with Gasteiger partial charge in [-0.25, -0.2) is 4.79 Å². The minimum absolute atomic E-state index is 0.000216. The smallest absolute Gasteiger partial charge is 0.341 e. The number of furan rings is 1. The Balaban J connectivity index is 2.03. The van der Waals surface area contributed by atoms with Crippen LogP contribution in [0.1, 0.15) is 21.7 Å². The monoisotopic (exact) mass is 319 g/mol. The molecule has 7 nitrogen and oxygen atoms in total. The molecule has 0 saturated heterocycles. The van der Waals surface area contributed by atoms with E-state index in [4.69, 9.17) is 18.7 Å². The fourth-order valence-electron chi connectivity index (χ4n) is 1.87. The van der Waals surface area contributed by atoms with Gasteiger partial charge in [0.25, 0.3) is 0 Å². The van der Waals surface area contributed by atoms with Crippen molar-refractivity contribution >= 4 is 12.2 Å². The summed E-state index contributed by atoms with van der Waals surface area (Å²) in [6, 6.07) is 6.82. The maximum Gasteiger partial charge on any atom is 0.341 e. The summed E-state index contributed by atoms with van der Waals surface area (Å²) in [5.41, 5.74) is 1.00. The average Bonchev–Trinajstić information content (AvgIpc) is 3.06. The second-order valence-corrected chi connectivity index (χ2v) is 4.36. The van der Waals surface area contributed by atoms with Crippen molar-refractivity contribution in [2.24, 2.45) is 5.16 Å². The fourth-order valence-corrected chi connectivity index (χ4v) is 1.87. The molecule has 1 aromatic carbocycles. The Bertz CT molecular complexity index is 692. The van der Waals surface area contributed by atoms with Gasteiger partial charge in [0, 0.05) is 5.56 Å². The standard InChI is InChI=1S/C16H17NO6/c1-19-12-4-5-14(20-2)11(8-12)9-17-23-10-15-13(6-7-22-15)16(18)21-3/h4-9H,10H2,1-3H3. The molecule has 23 heavy (non-hydrogen) atoms. The van der Waals surface area contributed by atoms with Crippen molar-refractivity contribution < 1.29 is 28.3 Å². The molecule has 7 heteroatoms. The molecule has 0 aliphatic carbocycles. The molecule has 0 amide bonds. The summed E-state index contributed by atoms with van der Waals surface area (Å²) in [7, 11) is 4.43. The Morgan fingerprint density at radius 3 is 2.74 bits per heavy atom. The van der Waals surface area contributed by atoms with Gasteiger partial charge in [0.15, 0.2) is 12.4 Å². The Labute approximate surface area is 133 Å². The van der Waals surface area contributed by atoms with E-state index in [0.29, 0.717) is 28.4 Å². The van der Waals surface area contributed by atoms with Crippen molar-refractivity contribution in [1.82, 2.24) is 0 Å². The molecular weight excluding hydrogens is 302 g/mol. The van der Waals surface area contributed by atoms with Crippen molar-refractivity contribution in [2.75, 3.05) is 21.3 Å². The molecule has 0 aliphatic rings. The molecule has 2 rings (SSSR count). The zero-order valence-corrected chi connectivity index (χ0v) is 13.1. The highest BCUT2D eigenvalue weighted by Gasteiger charge is 2.15. The Morgan fingerprint density at radius 2 is 2.04 bits per heavy atom. The van der Waals surface area contributed by atoms with Gasteiger partial charge in [-0.1, -0.05) is 5.16 Å². The predicted molar refractivity (Wildman–Crippen MR) is 82.0 cm³/mol. The highest BCUT2D eigenvalue weighted by atomic mass is 16.6. The van der Waals surface area contributed by atoms with Crippen LogP contribution in [0.4, 0.5) is 0 Å². The van der Waals surface area contributed by atoms with E-state index >= 15 is 0 Å². The molecule has 122 valence electrons. The van der Waals surface area contributed by atoms with Gasteiger partial charge in [0.2, 0.25) is 0 Å². The van der Waals surface area contributed by atoms with Crippen LogP contribution in [0, 0.1) is 0 Å². The normalized spacial score (nSPS) is 10.6. The van der Waals surface area contributed by atoms with Crippen LogP contribution in [0.25, 0.3) is 0 Å². The van der Waals surface area contributed by atoms with Crippen molar-refractivity contribution in [3.05, 3.63) is 47.4 Å². The van der Waals surface area contributed by atoms with Crippen LogP contribution in [0.2, 0.25) is 0 Å². The minimum atomic E-state index is -0.490. The maximum absolute atomic E-state index is 11.5. The van der Waals surface area contributed by atoms with E-state index in [9.17, 15) is 4.79 Å². The highest BCUT2D eigenvalue weighted by molar-refractivity contribution is 5.90. The largest absolute Gasteiger partial charge is 0.497 e. The third kappa shape index (κ3) is 4.03. The van der Waals surface area contributed by atoms with Gasteiger partial charge in [0.1, 0.15) is 17.1 Å². The summed E-state index contributed by atoms with van der Waals surface area (Å²) >= 11 is 0. The molecule has 0 fully saturated rings. The van der Waals surface area contributed by atoms with Gasteiger partial charge in [-0.2, -0.15) is 0 Å². The van der Waals surface area contributed by atoms with E-state index in [1.807, 2.05) is 0 Å². The summed E-state index contributed by atoms with van der Waals surface area (Å²) < 4.78 is 20.2. The van der Waals surface area contributed by atoms with E-state index < -0.39 is 5.97 Å². The Kier molecular flexibility index (Phi) is 5.62. The predicted octanol–water partition coefficient (Wildman–Crippen LogP) is 2.63. The van der Waals surface area contributed by atoms with Crippen LogP contribution < -0.4 is 9.47 Å². The van der Waals surface area contributed by atoms with Gasteiger partial charge >= 0.3 is 5.97 Å². The number of hydrogen-bond donors (Lipinski definition) is 0. The van der Waals surface area contributed by atoms with Gasteiger partial charge in [-0.15, -0.1) is 0 Å². The zero-order chi connectivity index (χ0) is 16.7. The molecule has 1 aromatic heterocycles. The van der Waals surface area contributed by atoms with Gasteiger partial charge < -0.3 is 23.5 Å². The Morgan fingerprint density at radius 1 is 1.22 bits per heavy atom. The van der Waals surface area contributed by atoms with Crippen LogP contribution >= 0.6 is 0 Å².